The molecule has 140 valence electrons. The fourth-order valence-corrected chi connectivity index (χ4v) is 4.16. The molecule has 1 aliphatic heterocycles. The molecule has 0 bridgehead atoms. The number of hydrogen-bond acceptors (Lipinski definition) is 2. The van der Waals surface area contributed by atoms with Gasteiger partial charge in [-0.25, -0.2) is 0 Å². The summed E-state index contributed by atoms with van der Waals surface area (Å²) in [4.78, 5) is 2.39. The molecule has 3 aromatic rings. The summed E-state index contributed by atoms with van der Waals surface area (Å²) in [6, 6.07) is 23.7. The summed E-state index contributed by atoms with van der Waals surface area (Å²) in [5, 5.41) is 10.1. The van der Waals surface area contributed by atoms with E-state index in [0.29, 0.717) is 0 Å². The lowest BCUT2D eigenvalue weighted by Gasteiger charge is -2.30. The first kappa shape index (κ1) is 18.8. The number of rotatable bonds is 3. The van der Waals surface area contributed by atoms with E-state index < -0.39 is 0 Å². The highest BCUT2D eigenvalue weighted by atomic mass is 79.9. The van der Waals surface area contributed by atoms with E-state index in [-0.39, 0.29) is 0 Å². The third kappa shape index (κ3) is 3.84. The summed E-state index contributed by atoms with van der Waals surface area (Å²) in [6.07, 6.45) is 3.65. The van der Waals surface area contributed by atoms with Crippen LogP contribution in [-0.4, -0.2) is 13.1 Å². The standard InChI is InChI=1S/C25H23BrN2/c1-18-5-7-20(8-6-18)23-15-21(19-9-11-22(26)12-10-19)16-25(24(23)17-27)28-13-3-2-4-14-28/h5-12,15-16H,2-4,13-14H2,1H3. The number of nitriles is 1. The summed E-state index contributed by atoms with van der Waals surface area (Å²) in [6.45, 7) is 4.13. The molecule has 0 atom stereocenters. The number of halogens is 1. The average Bonchev–Trinajstić information content (AvgIpc) is 2.74. The number of nitrogens with zero attached hydrogens (tertiary/aromatic N) is 2. The van der Waals surface area contributed by atoms with Crippen molar-refractivity contribution in [3.8, 4) is 28.3 Å². The van der Waals surface area contributed by atoms with Gasteiger partial charge in [-0.1, -0.05) is 57.9 Å². The summed E-state index contributed by atoms with van der Waals surface area (Å²) >= 11 is 3.52. The van der Waals surface area contributed by atoms with Crippen molar-refractivity contribution in [1.82, 2.24) is 0 Å². The first-order chi connectivity index (χ1) is 13.7. The van der Waals surface area contributed by atoms with Gasteiger partial charge < -0.3 is 4.90 Å². The van der Waals surface area contributed by atoms with Crippen molar-refractivity contribution in [3.05, 3.63) is 76.3 Å². The summed E-state index contributed by atoms with van der Waals surface area (Å²) < 4.78 is 1.07. The highest BCUT2D eigenvalue weighted by Crippen LogP contribution is 2.37. The molecule has 1 aliphatic rings. The lowest BCUT2D eigenvalue weighted by molar-refractivity contribution is 0.577. The Morgan fingerprint density at radius 1 is 0.821 bits per heavy atom. The van der Waals surface area contributed by atoms with Crippen LogP contribution in [0.3, 0.4) is 0 Å². The zero-order chi connectivity index (χ0) is 19.5. The zero-order valence-electron chi connectivity index (χ0n) is 16.1. The Bertz CT molecular complexity index is 1010. The maximum absolute atomic E-state index is 10.1. The highest BCUT2D eigenvalue weighted by Gasteiger charge is 2.20. The van der Waals surface area contributed by atoms with Crippen molar-refractivity contribution < 1.29 is 0 Å². The zero-order valence-corrected chi connectivity index (χ0v) is 17.7. The molecule has 4 rings (SSSR count). The van der Waals surface area contributed by atoms with Gasteiger partial charge in [0.1, 0.15) is 6.07 Å². The molecule has 0 spiro atoms. The van der Waals surface area contributed by atoms with Crippen LogP contribution < -0.4 is 4.90 Å². The van der Waals surface area contributed by atoms with Gasteiger partial charge in [0.25, 0.3) is 0 Å². The first-order valence-electron chi connectivity index (χ1n) is 9.82. The van der Waals surface area contributed by atoms with Gasteiger partial charge in [0.05, 0.1) is 11.3 Å². The van der Waals surface area contributed by atoms with Crippen LogP contribution in [0.4, 0.5) is 5.69 Å². The Morgan fingerprint density at radius 3 is 2.11 bits per heavy atom. The second-order valence-corrected chi connectivity index (χ2v) is 8.37. The lowest BCUT2D eigenvalue weighted by Crippen LogP contribution is -2.30. The van der Waals surface area contributed by atoms with Crippen molar-refractivity contribution in [2.24, 2.45) is 0 Å². The van der Waals surface area contributed by atoms with Gasteiger partial charge in [-0.2, -0.15) is 5.26 Å². The molecule has 28 heavy (non-hydrogen) atoms. The Hall–Kier alpha value is -2.57. The molecule has 0 unspecified atom stereocenters. The fraction of sp³-hybridized carbons (Fsp3) is 0.240. The van der Waals surface area contributed by atoms with Gasteiger partial charge >= 0.3 is 0 Å². The fourth-order valence-electron chi connectivity index (χ4n) is 3.90. The van der Waals surface area contributed by atoms with Gasteiger partial charge in [0, 0.05) is 23.1 Å². The summed E-state index contributed by atoms with van der Waals surface area (Å²) in [5.74, 6) is 0. The van der Waals surface area contributed by atoms with Crippen molar-refractivity contribution in [1.29, 1.82) is 5.26 Å². The molecule has 0 aliphatic carbocycles. The minimum absolute atomic E-state index is 0.784. The van der Waals surface area contributed by atoms with E-state index >= 15 is 0 Å². The van der Waals surface area contributed by atoms with E-state index in [4.69, 9.17) is 0 Å². The van der Waals surface area contributed by atoms with E-state index in [1.165, 1.54) is 30.4 Å². The number of hydrogen-bond donors (Lipinski definition) is 0. The van der Waals surface area contributed by atoms with E-state index in [9.17, 15) is 5.26 Å². The maximum Gasteiger partial charge on any atom is 0.102 e. The van der Waals surface area contributed by atoms with Crippen LogP contribution in [0.2, 0.25) is 0 Å². The van der Waals surface area contributed by atoms with Crippen molar-refractivity contribution in [2.75, 3.05) is 18.0 Å². The van der Waals surface area contributed by atoms with Gasteiger partial charge in [-0.3, -0.25) is 0 Å². The Morgan fingerprint density at radius 2 is 1.46 bits per heavy atom. The van der Waals surface area contributed by atoms with Crippen LogP contribution in [0.1, 0.15) is 30.4 Å². The second kappa shape index (κ2) is 8.20. The minimum Gasteiger partial charge on any atom is -0.370 e. The third-order valence-electron chi connectivity index (χ3n) is 5.47. The normalized spacial score (nSPS) is 14.0. The summed E-state index contributed by atoms with van der Waals surface area (Å²) in [7, 11) is 0. The number of piperidine rings is 1. The lowest BCUT2D eigenvalue weighted by atomic mass is 9.92. The molecule has 2 nitrogen and oxygen atoms in total. The molecule has 3 aromatic carbocycles. The van der Waals surface area contributed by atoms with Crippen LogP contribution in [0.5, 0.6) is 0 Å². The smallest absolute Gasteiger partial charge is 0.102 e. The van der Waals surface area contributed by atoms with Crippen LogP contribution in [0.25, 0.3) is 22.3 Å². The molecule has 0 saturated carbocycles. The predicted molar refractivity (Wildman–Crippen MR) is 121 cm³/mol. The molecule has 0 amide bonds. The Kier molecular flexibility index (Phi) is 5.50. The van der Waals surface area contributed by atoms with Gasteiger partial charge in [-0.05, 0) is 67.1 Å². The molecule has 1 saturated heterocycles. The van der Waals surface area contributed by atoms with Crippen molar-refractivity contribution in [3.63, 3.8) is 0 Å². The average molecular weight is 431 g/mol. The molecule has 1 fully saturated rings. The van der Waals surface area contributed by atoms with E-state index in [1.54, 1.807) is 0 Å². The summed E-state index contributed by atoms with van der Waals surface area (Å²) in [5.41, 5.74) is 7.51. The number of aryl methyl sites for hydroxylation is 1. The van der Waals surface area contributed by atoms with E-state index in [2.05, 4.69) is 94.5 Å². The van der Waals surface area contributed by atoms with E-state index in [0.717, 1.165) is 45.5 Å². The van der Waals surface area contributed by atoms with Crippen LogP contribution >= 0.6 is 15.9 Å². The molecule has 0 aromatic heterocycles. The minimum atomic E-state index is 0.784. The van der Waals surface area contributed by atoms with Crippen molar-refractivity contribution in [2.45, 2.75) is 26.2 Å². The number of benzene rings is 3. The molecule has 0 radical (unpaired) electrons. The van der Waals surface area contributed by atoms with Crippen LogP contribution in [0, 0.1) is 18.3 Å². The SMILES string of the molecule is Cc1ccc(-c2cc(-c3ccc(Br)cc3)cc(N3CCCCC3)c2C#N)cc1. The Labute approximate surface area is 175 Å². The van der Waals surface area contributed by atoms with Gasteiger partial charge in [0.15, 0.2) is 0 Å². The first-order valence-corrected chi connectivity index (χ1v) is 10.6. The van der Waals surface area contributed by atoms with Crippen molar-refractivity contribution >= 4 is 21.6 Å². The number of anilines is 1. The topological polar surface area (TPSA) is 27.0 Å². The van der Waals surface area contributed by atoms with Crippen LogP contribution in [-0.2, 0) is 0 Å². The molecule has 1 heterocycles. The third-order valence-corrected chi connectivity index (χ3v) is 5.99. The quantitative estimate of drug-likeness (QED) is 0.449. The maximum atomic E-state index is 10.1. The molecule has 3 heteroatoms. The molecule has 0 N–H and O–H groups in total. The Balaban J connectivity index is 1.92. The largest absolute Gasteiger partial charge is 0.370 e. The molecular formula is C25H23BrN2. The van der Waals surface area contributed by atoms with E-state index in [1.807, 2.05) is 0 Å². The van der Waals surface area contributed by atoms with Gasteiger partial charge in [-0.15, -0.1) is 0 Å². The second-order valence-electron chi connectivity index (χ2n) is 7.45. The predicted octanol–water partition coefficient (Wildman–Crippen LogP) is 6.95. The van der Waals surface area contributed by atoms with Crippen LogP contribution in [0.15, 0.2) is 65.1 Å². The molecular weight excluding hydrogens is 408 g/mol. The monoisotopic (exact) mass is 430 g/mol. The van der Waals surface area contributed by atoms with Gasteiger partial charge in [0.2, 0.25) is 0 Å². The highest BCUT2D eigenvalue weighted by molar-refractivity contribution is 9.10.